The lowest BCUT2D eigenvalue weighted by molar-refractivity contribution is 0.267. The summed E-state index contributed by atoms with van der Waals surface area (Å²) in [6.07, 6.45) is 6.90. The molecule has 3 atom stereocenters. The summed E-state index contributed by atoms with van der Waals surface area (Å²) in [6.45, 7) is 4.66. The summed E-state index contributed by atoms with van der Waals surface area (Å²) in [5.74, 6) is 0.941. The summed E-state index contributed by atoms with van der Waals surface area (Å²) in [6, 6.07) is 12.3. The standard InChI is InChI=1S/C18H25NS/c1-3-14-7-6-9-16(11-14)19-13(2)18-12-15-8-4-5-10-17(15)20-18/h4-5,8,10,12-14,16,19H,3,6-7,9,11H2,1-2H3. The second kappa shape index (κ2) is 6.28. The summed E-state index contributed by atoms with van der Waals surface area (Å²) < 4.78 is 1.41. The molecule has 2 heteroatoms. The van der Waals surface area contributed by atoms with Crippen molar-refractivity contribution in [2.24, 2.45) is 5.92 Å². The Morgan fingerprint density at radius 2 is 2.15 bits per heavy atom. The van der Waals surface area contributed by atoms with Crippen molar-refractivity contribution < 1.29 is 0 Å². The van der Waals surface area contributed by atoms with E-state index in [2.05, 4.69) is 49.5 Å². The van der Waals surface area contributed by atoms with Crippen molar-refractivity contribution in [3.63, 3.8) is 0 Å². The number of benzene rings is 1. The van der Waals surface area contributed by atoms with Crippen LogP contribution in [0.3, 0.4) is 0 Å². The van der Waals surface area contributed by atoms with Crippen molar-refractivity contribution in [3.05, 3.63) is 35.2 Å². The van der Waals surface area contributed by atoms with Crippen molar-refractivity contribution in [1.29, 1.82) is 0 Å². The van der Waals surface area contributed by atoms with E-state index in [1.54, 1.807) is 0 Å². The molecule has 0 spiro atoms. The Labute approximate surface area is 126 Å². The number of hydrogen-bond acceptors (Lipinski definition) is 2. The first-order valence-electron chi connectivity index (χ1n) is 8.00. The van der Waals surface area contributed by atoms with Crippen LogP contribution >= 0.6 is 11.3 Å². The van der Waals surface area contributed by atoms with Gasteiger partial charge in [-0.2, -0.15) is 0 Å². The maximum Gasteiger partial charge on any atom is 0.0388 e. The third-order valence-electron chi connectivity index (χ3n) is 4.72. The minimum absolute atomic E-state index is 0.480. The fourth-order valence-corrected chi connectivity index (χ4v) is 4.54. The van der Waals surface area contributed by atoms with Crippen LogP contribution in [-0.2, 0) is 0 Å². The zero-order valence-electron chi connectivity index (χ0n) is 12.6. The van der Waals surface area contributed by atoms with Crippen LogP contribution in [0.4, 0.5) is 0 Å². The molecule has 1 aromatic heterocycles. The Hall–Kier alpha value is -0.860. The van der Waals surface area contributed by atoms with E-state index in [1.807, 2.05) is 11.3 Å². The van der Waals surface area contributed by atoms with Crippen LogP contribution in [0.25, 0.3) is 10.1 Å². The van der Waals surface area contributed by atoms with Crippen molar-refractivity contribution in [3.8, 4) is 0 Å². The molecule has 0 amide bonds. The van der Waals surface area contributed by atoms with Gasteiger partial charge in [-0.1, -0.05) is 44.4 Å². The van der Waals surface area contributed by atoms with Gasteiger partial charge in [-0.3, -0.25) is 0 Å². The number of hydrogen-bond donors (Lipinski definition) is 1. The molecule has 1 aliphatic carbocycles. The van der Waals surface area contributed by atoms with Crippen LogP contribution in [0.5, 0.6) is 0 Å². The largest absolute Gasteiger partial charge is 0.307 e. The van der Waals surface area contributed by atoms with Gasteiger partial charge in [0.25, 0.3) is 0 Å². The lowest BCUT2D eigenvalue weighted by Crippen LogP contribution is -2.35. The van der Waals surface area contributed by atoms with Gasteiger partial charge in [0.1, 0.15) is 0 Å². The van der Waals surface area contributed by atoms with Gasteiger partial charge in [0.05, 0.1) is 0 Å². The zero-order chi connectivity index (χ0) is 13.9. The molecule has 1 aromatic carbocycles. The maximum absolute atomic E-state index is 3.87. The van der Waals surface area contributed by atoms with Crippen molar-refractivity contribution in [2.45, 2.75) is 58.0 Å². The molecule has 0 bridgehead atoms. The van der Waals surface area contributed by atoms with Crippen LogP contribution in [0, 0.1) is 5.92 Å². The molecule has 108 valence electrons. The second-order valence-corrected chi connectivity index (χ2v) is 7.33. The first kappa shape index (κ1) is 14.1. The summed E-state index contributed by atoms with van der Waals surface area (Å²) in [5.41, 5.74) is 0. The molecule has 20 heavy (non-hydrogen) atoms. The average molecular weight is 287 g/mol. The third-order valence-corrected chi connectivity index (χ3v) is 6.02. The molecular weight excluding hydrogens is 262 g/mol. The highest BCUT2D eigenvalue weighted by molar-refractivity contribution is 7.19. The second-order valence-electron chi connectivity index (χ2n) is 6.21. The van der Waals surface area contributed by atoms with Gasteiger partial charge in [-0.05, 0) is 43.2 Å². The van der Waals surface area contributed by atoms with Gasteiger partial charge in [0, 0.05) is 21.7 Å². The molecule has 3 unspecified atom stereocenters. The quantitative estimate of drug-likeness (QED) is 0.780. The van der Waals surface area contributed by atoms with Gasteiger partial charge in [-0.25, -0.2) is 0 Å². The number of nitrogens with one attached hydrogen (secondary N) is 1. The van der Waals surface area contributed by atoms with Crippen LogP contribution in [0.15, 0.2) is 30.3 Å². The third kappa shape index (κ3) is 3.07. The van der Waals surface area contributed by atoms with Gasteiger partial charge in [0.2, 0.25) is 0 Å². The topological polar surface area (TPSA) is 12.0 Å². The Morgan fingerprint density at radius 3 is 2.95 bits per heavy atom. The van der Waals surface area contributed by atoms with E-state index in [9.17, 15) is 0 Å². The predicted molar refractivity (Wildman–Crippen MR) is 89.4 cm³/mol. The number of fused-ring (bicyclic) bond motifs is 1. The van der Waals surface area contributed by atoms with E-state index in [0.717, 1.165) is 5.92 Å². The molecule has 0 saturated heterocycles. The average Bonchev–Trinajstić information content (AvgIpc) is 2.91. The fourth-order valence-electron chi connectivity index (χ4n) is 3.46. The molecule has 0 aliphatic heterocycles. The predicted octanol–water partition coefficient (Wildman–Crippen LogP) is 5.52. The summed E-state index contributed by atoms with van der Waals surface area (Å²) >= 11 is 1.94. The number of rotatable bonds is 4. The molecule has 1 nitrogen and oxygen atoms in total. The first-order valence-corrected chi connectivity index (χ1v) is 8.82. The Morgan fingerprint density at radius 1 is 1.30 bits per heavy atom. The highest BCUT2D eigenvalue weighted by Gasteiger charge is 2.22. The molecule has 2 aromatic rings. The maximum atomic E-state index is 3.87. The van der Waals surface area contributed by atoms with Gasteiger partial charge in [0.15, 0.2) is 0 Å². The Bertz CT molecular complexity index is 526. The van der Waals surface area contributed by atoms with Gasteiger partial charge in [-0.15, -0.1) is 11.3 Å². The van der Waals surface area contributed by atoms with Crippen molar-refractivity contribution in [1.82, 2.24) is 5.32 Å². The molecule has 1 saturated carbocycles. The minimum Gasteiger partial charge on any atom is -0.307 e. The van der Waals surface area contributed by atoms with E-state index in [4.69, 9.17) is 0 Å². The molecule has 1 heterocycles. The smallest absolute Gasteiger partial charge is 0.0388 e. The van der Waals surface area contributed by atoms with E-state index < -0.39 is 0 Å². The van der Waals surface area contributed by atoms with E-state index >= 15 is 0 Å². The molecule has 1 aliphatic rings. The van der Waals surface area contributed by atoms with Crippen LogP contribution in [0.2, 0.25) is 0 Å². The highest BCUT2D eigenvalue weighted by Crippen LogP contribution is 2.32. The Balaban J connectivity index is 1.67. The number of thiophene rings is 1. The van der Waals surface area contributed by atoms with Crippen molar-refractivity contribution in [2.75, 3.05) is 0 Å². The van der Waals surface area contributed by atoms with E-state index in [1.165, 1.54) is 47.1 Å². The van der Waals surface area contributed by atoms with Crippen LogP contribution < -0.4 is 5.32 Å². The van der Waals surface area contributed by atoms with Crippen molar-refractivity contribution >= 4 is 21.4 Å². The monoisotopic (exact) mass is 287 g/mol. The van der Waals surface area contributed by atoms with Crippen LogP contribution in [0.1, 0.15) is 56.9 Å². The van der Waals surface area contributed by atoms with Gasteiger partial charge >= 0.3 is 0 Å². The first-order chi connectivity index (χ1) is 9.76. The minimum atomic E-state index is 0.480. The van der Waals surface area contributed by atoms with E-state index in [0.29, 0.717) is 12.1 Å². The molecule has 1 fully saturated rings. The summed E-state index contributed by atoms with van der Waals surface area (Å²) in [4.78, 5) is 1.48. The molecule has 3 rings (SSSR count). The lowest BCUT2D eigenvalue weighted by Gasteiger charge is -2.31. The van der Waals surface area contributed by atoms with Crippen LogP contribution in [-0.4, -0.2) is 6.04 Å². The molecular formula is C18H25NS. The molecule has 0 radical (unpaired) electrons. The lowest BCUT2D eigenvalue weighted by atomic mass is 9.84. The normalized spacial score (nSPS) is 24.9. The summed E-state index contributed by atoms with van der Waals surface area (Å²) in [5, 5.41) is 5.26. The van der Waals surface area contributed by atoms with Gasteiger partial charge < -0.3 is 5.32 Å². The fraction of sp³-hybridized carbons (Fsp3) is 0.556. The Kier molecular flexibility index (Phi) is 4.42. The highest BCUT2D eigenvalue weighted by atomic mass is 32.1. The SMILES string of the molecule is CCC1CCCC(NC(C)c2cc3ccccc3s2)C1. The zero-order valence-corrected chi connectivity index (χ0v) is 13.4. The summed E-state index contributed by atoms with van der Waals surface area (Å²) in [7, 11) is 0. The van der Waals surface area contributed by atoms with E-state index in [-0.39, 0.29) is 0 Å². The molecule has 1 N–H and O–H groups in total.